The molecule has 0 atom stereocenters. The fourth-order valence-corrected chi connectivity index (χ4v) is 3.21. The summed E-state index contributed by atoms with van der Waals surface area (Å²) >= 11 is 0. The third-order valence-corrected chi connectivity index (χ3v) is 4.96. The number of piperidine rings is 1. The second kappa shape index (κ2) is 11.1. The number of hydrogen-bond donors (Lipinski definition) is 1. The van der Waals surface area contributed by atoms with Crippen molar-refractivity contribution in [2.75, 3.05) is 24.6 Å². The van der Waals surface area contributed by atoms with Gasteiger partial charge in [-0.3, -0.25) is 9.59 Å². The van der Waals surface area contributed by atoms with Gasteiger partial charge in [-0.15, -0.1) is 0 Å². The van der Waals surface area contributed by atoms with E-state index in [9.17, 15) is 9.59 Å². The summed E-state index contributed by atoms with van der Waals surface area (Å²) in [6.45, 7) is 3.85. The number of carbonyl (C=O) groups excluding carboxylic acids is 2. The van der Waals surface area contributed by atoms with Crippen LogP contribution < -0.4 is 15.0 Å². The Hall–Kier alpha value is -3.26. The van der Waals surface area contributed by atoms with E-state index in [0.29, 0.717) is 18.6 Å². The van der Waals surface area contributed by atoms with Gasteiger partial charge in [0.2, 0.25) is 5.91 Å². The van der Waals surface area contributed by atoms with Crippen LogP contribution in [0.3, 0.4) is 0 Å². The van der Waals surface area contributed by atoms with E-state index in [1.165, 1.54) is 0 Å². The van der Waals surface area contributed by atoms with Gasteiger partial charge >= 0.3 is 0 Å². The van der Waals surface area contributed by atoms with Crippen molar-refractivity contribution in [1.82, 2.24) is 5.32 Å². The molecule has 1 aliphatic heterocycles. The predicted molar refractivity (Wildman–Crippen MR) is 119 cm³/mol. The Morgan fingerprint density at radius 3 is 2.57 bits per heavy atom. The highest BCUT2D eigenvalue weighted by atomic mass is 16.5. The van der Waals surface area contributed by atoms with Gasteiger partial charge in [0.25, 0.3) is 5.91 Å². The van der Waals surface area contributed by atoms with Crippen molar-refractivity contribution < 1.29 is 14.3 Å². The Kier molecular flexibility index (Phi) is 7.91. The van der Waals surface area contributed by atoms with Crippen molar-refractivity contribution >= 4 is 17.5 Å². The number of ether oxygens (including phenoxy) is 1. The van der Waals surface area contributed by atoms with Gasteiger partial charge in [0, 0.05) is 29.8 Å². The molecular weight excluding hydrogens is 376 g/mol. The largest absolute Gasteiger partial charge is 0.494 e. The first-order valence-corrected chi connectivity index (χ1v) is 10.6. The highest BCUT2D eigenvalue weighted by molar-refractivity contribution is 5.94. The van der Waals surface area contributed by atoms with Crippen LogP contribution in [0, 0.1) is 11.8 Å². The fourth-order valence-electron chi connectivity index (χ4n) is 3.21. The monoisotopic (exact) mass is 404 g/mol. The minimum absolute atomic E-state index is 0.164. The molecule has 1 saturated heterocycles. The van der Waals surface area contributed by atoms with Crippen LogP contribution in [0.5, 0.6) is 5.75 Å². The van der Waals surface area contributed by atoms with Crippen molar-refractivity contribution in [2.24, 2.45) is 0 Å². The standard InChI is InChI=1S/C25H28N2O3/c1-2-3-19-30-23-15-11-21(12-16-23)25(29)26-17-6-7-20-9-13-22(14-10-20)27-18-5-4-8-24(27)28/h9-16H,2-5,8,17-19H2,1H3,(H,26,29). The predicted octanol–water partition coefficient (Wildman–Crippen LogP) is 4.16. The van der Waals surface area contributed by atoms with Gasteiger partial charge in [0.15, 0.2) is 0 Å². The van der Waals surface area contributed by atoms with Gasteiger partial charge in [-0.1, -0.05) is 25.2 Å². The molecule has 1 heterocycles. The minimum atomic E-state index is -0.164. The average molecular weight is 405 g/mol. The molecule has 3 rings (SSSR count). The van der Waals surface area contributed by atoms with E-state index >= 15 is 0 Å². The molecule has 0 saturated carbocycles. The number of nitrogens with zero attached hydrogens (tertiary/aromatic N) is 1. The number of nitrogens with one attached hydrogen (secondary N) is 1. The van der Waals surface area contributed by atoms with Crippen LogP contribution in [0.2, 0.25) is 0 Å². The highest BCUT2D eigenvalue weighted by Gasteiger charge is 2.19. The Morgan fingerprint density at radius 1 is 1.10 bits per heavy atom. The summed E-state index contributed by atoms with van der Waals surface area (Å²) in [7, 11) is 0. The summed E-state index contributed by atoms with van der Waals surface area (Å²) in [5.74, 6) is 6.80. The number of unbranched alkanes of at least 4 members (excludes halogenated alkanes) is 1. The summed E-state index contributed by atoms with van der Waals surface area (Å²) in [6.07, 6.45) is 4.74. The summed E-state index contributed by atoms with van der Waals surface area (Å²) in [5, 5.41) is 2.80. The van der Waals surface area contributed by atoms with Crippen molar-refractivity contribution in [3.63, 3.8) is 0 Å². The van der Waals surface area contributed by atoms with E-state index in [1.807, 2.05) is 41.3 Å². The SMILES string of the molecule is CCCCOc1ccc(C(=O)NCC#Cc2ccc(N3CCCCC3=O)cc2)cc1. The van der Waals surface area contributed by atoms with E-state index in [-0.39, 0.29) is 18.4 Å². The van der Waals surface area contributed by atoms with Crippen molar-refractivity contribution in [3.05, 3.63) is 59.7 Å². The lowest BCUT2D eigenvalue weighted by molar-refractivity contribution is -0.119. The van der Waals surface area contributed by atoms with Gasteiger partial charge in [-0.05, 0) is 67.8 Å². The van der Waals surface area contributed by atoms with Crippen LogP contribution in [-0.4, -0.2) is 31.5 Å². The van der Waals surface area contributed by atoms with Crippen LogP contribution >= 0.6 is 0 Å². The van der Waals surface area contributed by atoms with Crippen LogP contribution in [0.1, 0.15) is 54.9 Å². The highest BCUT2D eigenvalue weighted by Crippen LogP contribution is 2.21. The molecule has 5 nitrogen and oxygen atoms in total. The van der Waals surface area contributed by atoms with Crippen LogP contribution in [0.25, 0.3) is 0 Å². The molecule has 0 aliphatic carbocycles. The molecule has 0 spiro atoms. The Bertz CT molecular complexity index is 908. The molecule has 0 aromatic heterocycles. The Morgan fingerprint density at radius 2 is 1.87 bits per heavy atom. The lowest BCUT2D eigenvalue weighted by atomic mass is 10.1. The van der Waals surface area contributed by atoms with E-state index < -0.39 is 0 Å². The molecule has 2 aromatic carbocycles. The summed E-state index contributed by atoms with van der Waals surface area (Å²) in [4.78, 5) is 26.1. The molecule has 1 fully saturated rings. The fraction of sp³-hybridized carbons (Fsp3) is 0.360. The van der Waals surface area contributed by atoms with E-state index in [1.54, 1.807) is 12.1 Å². The minimum Gasteiger partial charge on any atom is -0.494 e. The van der Waals surface area contributed by atoms with E-state index in [2.05, 4.69) is 24.1 Å². The molecule has 5 heteroatoms. The van der Waals surface area contributed by atoms with Gasteiger partial charge in [0.05, 0.1) is 13.2 Å². The lowest BCUT2D eigenvalue weighted by Gasteiger charge is -2.26. The average Bonchev–Trinajstić information content (AvgIpc) is 2.78. The topological polar surface area (TPSA) is 58.6 Å². The number of rotatable bonds is 7. The third-order valence-electron chi connectivity index (χ3n) is 4.96. The summed E-state index contributed by atoms with van der Waals surface area (Å²) in [6, 6.07) is 14.8. The first-order chi connectivity index (χ1) is 14.7. The Balaban J connectivity index is 1.47. The number of hydrogen-bond acceptors (Lipinski definition) is 3. The van der Waals surface area contributed by atoms with Gasteiger partial charge in [-0.25, -0.2) is 0 Å². The lowest BCUT2D eigenvalue weighted by Crippen LogP contribution is -2.35. The van der Waals surface area contributed by atoms with Crippen molar-refractivity contribution in [2.45, 2.75) is 39.0 Å². The maximum atomic E-state index is 12.2. The molecule has 30 heavy (non-hydrogen) atoms. The zero-order valence-corrected chi connectivity index (χ0v) is 17.4. The molecule has 1 N–H and O–H groups in total. The number of anilines is 1. The molecule has 2 aromatic rings. The quantitative estimate of drug-likeness (QED) is 0.557. The normalized spacial score (nSPS) is 13.4. The van der Waals surface area contributed by atoms with Gasteiger partial charge in [-0.2, -0.15) is 0 Å². The zero-order valence-electron chi connectivity index (χ0n) is 17.4. The maximum Gasteiger partial charge on any atom is 0.252 e. The van der Waals surface area contributed by atoms with Crippen molar-refractivity contribution in [3.8, 4) is 17.6 Å². The van der Waals surface area contributed by atoms with Crippen LogP contribution in [0.15, 0.2) is 48.5 Å². The molecular formula is C25H28N2O3. The second-order valence-electron chi connectivity index (χ2n) is 7.26. The van der Waals surface area contributed by atoms with Crippen LogP contribution in [-0.2, 0) is 4.79 Å². The smallest absolute Gasteiger partial charge is 0.252 e. The zero-order chi connectivity index (χ0) is 21.2. The molecule has 0 bridgehead atoms. The first kappa shape index (κ1) is 21.4. The molecule has 0 unspecified atom stereocenters. The molecule has 0 radical (unpaired) electrons. The first-order valence-electron chi connectivity index (χ1n) is 10.6. The van der Waals surface area contributed by atoms with Crippen LogP contribution in [0.4, 0.5) is 5.69 Å². The van der Waals surface area contributed by atoms with E-state index in [0.717, 1.165) is 49.2 Å². The number of carbonyl (C=O) groups is 2. The van der Waals surface area contributed by atoms with Gasteiger partial charge < -0.3 is 15.0 Å². The van der Waals surface area contributed by atoms with Crippen molar-refractivity contribution in [1.29, 1.82) is 0 Å². The Labute approximate surface area is 178 Å². The molecule has 1 aliphatic rings. The number of benzene rings is 2. The van der Waals surface area contributed by atoms with Gasteiger partial charge in [0.1, 0.15) is 5.75 Å². The van der Waals surface area contributed by atoms with E-state index in [4.69, 9.17) is 4.74 Å². The molecule has 156 valence electrons. The third kappa shape index (κ3) is 6.12. The molecule has 2 amide bonds. The summed E-state index contributed by atoms with van der Waals surface area (Å²) in [5.41, 5.74) is 2.35. The summed E-state index contributed by atoms with van der Waals surface area (Å²) < 4.78 is 5.61. The maximum absolute atomic E-state index is 12.2. The second-order valence-corrected chi connectivity index (χ2v) is 7.26. The number of amides is 2.